The van der Waals surface area contributed by atoms with Crippen LogP contribution in [0.25, 0.3) is 0 Å². The summed E-state index contributed by atoms with van der Waals surface area (Å²) in [7, 11) is 0. The molecule has 0 aliphatic heterocycles. The SMILES string of the molecule is O=[N+]([O-])c1ccc(OCc2sccc2Cl)c(CBr)c1. The minimum Gasteiger partial charge on any atom is -0.488 e. The molecule has 7 heteroatoms. The molecular weight excluding hydrogens is 354 g/mol. The largest absolute Gasteiger partial charge is 0.488 e. The molecule has 0 fully saturated rings. The molecule has 0 aliphatic carbocycles. The van der Waals surface area contributed by atoms with Gasteiger partial charge in [0.05, 0.1) is 14.8 Å². The van der Waals surface area contributed by atoms with Crippen molar-refractivity contribution >= 4 is 44.6 Å². The normalized spacial score (nSPS) is 10.4. The molecule has 0 unspecified atom stereocenters. The molecule has 0 saturated heterocycles. The molecule has 1 aromatic heterocycles. The molecule has 0 radical (unpaired) electrons. The second-order valence-electron chi connectivity index (χ2n) is 3.66. The van der Waals surface area contributed by atoms with E-state index >= 15 is 0 Å². The van der Waals surface area contributed by atoms with Crippen molar-refractivity contribution in [1.29, 1.82) is 0 Å². The monoisotopic (exact) mass is 361 g/mol. The molecule has 100 valence electrons. The van der Waals surface area contributed by atoms with Gasteiger partial charge in [-0.1, -0.05) is 27.5 Å². The first-order valence-electron chi connectivity index (χ1n) is 5.29. The summed E-state index contributed by atoms with van der Waals surface area (Å²) in [5.74, 6) is 0.618. The number of non-ortho nitro benzene ring substituents is 1. The minimum atomic E-state index is -0.425. The van der Waals surface area contributed by atoms with Gasteiger partial charge in [0.2, 0.25) is 0 Å². The highest BCUT2D eigenvalue weighted by Crippen LogP contribution is 2.29. The predicted octanol–water partition coefficient (Wildman–Crippen LogP) is 4.78. The van der Waals surface area contributed by atoms with Crippen molar-refractivity contribution in [1.82, 2.24) is 0 Å². The van der Waals surface area contributed by atoms with Crippen LogP contribution in [0.5, 0.6) is 5.75 Å². The third-order valence-corrected chi connectivity index (χ3v) is 4.41. The van der Waals surface area contributed by atoms with E-state index in [9.17, 15) is 10.1 Å². The lowest BCUT2D eigenvalue weighted by Crippen LogP contribution is -1.98. The summed E-state index contributed by atoms with van der Waals surface area (Å²) >= 11 is 10.8. The molecule has 0 atom stereocenters. The minimum absolute atomic E-state index is 0.0518. The Bertz CT molecular complexity index is 602. The third kappa shape index (κ3) is 3.46. The molecule has 4 nitrogen and oxygen atoms in total. The number of nitro benzene ring substituents is 1. The van der Waals surface area contributed by atoms with Crippen molar-refractivity contribution in [2.75, 3.05) is 0 Å². The summed E-state index contributed by atoms with van der Waals surface area (Å²) in [5.41, 5.74) is 0.790. The van der Waals surface area contributed by atoms with Gasteiger partial charge in [-0.15, -0.1) is 11.3 Å². The van der Waals surface area contributed by atoms with Gasteiger partial charge in [0.1, 0.15) is 12.4 Å². The Kier molecular flexibility index (Phi) is 4.79. The highest BCUT2D eigenvalue weighted by Gasteiger charge is 2.12. The van der Waals surface area contributed by atoms with Gasteiger partial charge in [-0.25, -0.2) is 0 Å². The average molecular weight is 363 g/mol. The molecule has 0 saturated carbocycles. The van der Waals surface area contributed by atoms with E-state index < -0.39 is 4.92 Å². The number of hydrogen-bond donors (Lipinski definition) is 0. The molecule has 0 bridgehead atoms. The van der Waals surface area contributed by atoms with Crippen LogP contribution in [-0.4, -0.2) is 4.92 Å². The summed E-state index contributed by atoms with van der Waals surface area (Å²) < 4.78 is 5.66. The maximum Gasteiger partial charge on any atom is 0.270 e. The van der Waals surface area contributed by atoms with Crippen LogP contribution >= 0.6 is 38.9 Å². The number of hydrogen-bond acceptors (Lipinski definition) is 4. The van der Waals surface area contributed by atoms with E-state index in [1.807, 2.05) is 11.4 Å². The van der Waals surface area contributed by atoms with E-state index in [4.69, 9.17) is 16.3 Å². The van der Waals surface area contributed by atoms with E-state index in [-0.39, 0.29) is 5.69 Å². The Morgan fingerprint density at radius 2 is 2.21 bits per heavy atom. The van der Waals surface area contributed by atoms with Crippen LogP contribution in [0.2, 0.25) is 5.02 Å². The Balaban J connectivity index is 2.16. The summed E-state index contributed by atoms with van der Waals surface area (Å²) in [6.07, 6.45) is 0. The average Bonchev–Trinajstić information content (AvgIpc) is 2.81. The summed E-state index contributed by atoms with van der Waals surface area (Å²) in [4.78, 5) is 11.2. The van der Waals surface area contributed by atoms with Crippen LogP contribution in [-0.2, 0) is 11.9 Å². The highest BCUT2D eigenvalue weighted by atomic mass is 79.9. The quantitative estimate of drug-likeness (QED) is 0.437. The van der Waals surface area contributed by atoms with Crippen molar-refractivity contribution in [2.45, 2.75) is 11.9 Å². The van der Waals surface area contributed by atoms with Crippen LogP contribution in [0, 0.1) is 10.1 Å². The number of rotatable bonds is 5. The number of benzene rings is 1. The topological polar surface area (TPSA) is 52.4 Å². The Hall–Kier alpha value is -1.11. The van der Waals surface area contributed by atoms with Crippen molar-refractivity contribution in [3.05, 3.63) is 55.2 Å². The standard InChI is InChI=1S/C12H9BrClNO3S/c13-6-8-5-9(15(16)17)1-2-11(8)18-7-12-10(14)3-4-19-12/h1-5H,6-7H2. The first kappa shape index (κ1) is 14.3. The number of nitrogens with zero attached hydrogens (tertiary/aromatic N) is 1. The van der Waals surface area contributed by atoms with Gasteiger partial charge in [0.15, 0.2) is 0 Å². The molecule has 1 aromatic carbocycles. The molecule has 1 heterocycles. The Morgan fingerprint density at radius 3 is 2.79 bits per heavy atom. The Labute approximate surface area is 127 Å². The van der Waals surface area contributed by atoms with E-state index in [2.05, 4.69) is 15.9 Å². The van der Waals surface area contributed by atoms with Crippen LogP contribution in [0.4, 0.5) is 5.69 Å². The fourth-order valence-corrected chi connectivity index (χ4v) is 2.94. The number of thiophene rings is 1. The van der Waals surface area contributed by atoms with E-state index in [0.717, 1.165) is 10.4 Å². The molecule has 2 rings (SSSR count). The first-order valence-corrected chi connectivity index (χ1v) is 7.67. The van der Waals surface area contributed by atoms with Gasteiger partial charge in [-0.2, -0.15) is 0 Å². The molecule has 0 N–H and O–H groups in total. The summed E-state index contributed by atoms with van der Waals surface area (Å²) in [6.45, 7) is 0.355. The van der Waals surface area contributed by atoms with Crippen molar-refractivity contribution < 1.29 is 9.66 Å². The first-order chi connectivity index (χ1) is 9.11. The second kappa shape index (κ2) is 6.36. The van der Waals surface area contributed by atoms with Gasteiger partial charge in [0, 0.05) is 23.0 Å². The fraction of sp³-hybridized carbons (Fsp3) is 0.167. The lowest BCUT2D eigenvalue weighted by atomic mass is 10.2. The lowest BCUT2D eigenvalue weighted by molar-refractivity contribution is -0.384. The van der Waals surface area contributed by atoms with Crippen LogP contribution in [0.15, 0.2) is 29.6 Å². The number of ether oxygens (including phenoxy) is 1. The summed E-state index contributed by atoms with van der Waals surface area (Å²) in [6, 6.07) is 6.35. The van der Waals surface area contributed by atoms with Crippen LogP contribution in [0.1, 0.15) is 10.4 Å². The molecule has 19 heavy (non-hydrogen) atoms. The predicted molar refractivity (Wildman–Crippen MR) is 79.4 cm³/mol. The van der Waals surface area contributed by atoms with E-state index in [1.165, 1.54) is 23.5 Å². The fourth-order valence-electron chi connectivity index (χ4n) is 1.50. The lowest BCUT2D eigenvalue weighted by Gasteiger charge is -2.09. The zero-order chi connectivity index (χ0) is 13.8. The number of alkyl halides is 1. The summed E-state index contributed by atoms with van der Waals surface area (Å²) in [5, 5.41) is 13.8. The zero-order valence-electron chi connectivity index (χ0n) is 9.64. The van der Waals surface area contributed by atoms with Crippen LogP contribution in [0.3, 0.4) is 0 Å². The van der Waals surface area contributed by atoms with Crippen molar-refractivity contribution in [3.8, 4) is 5.75 Å². The third-order valence-electron chi connectivity index (χ3n) is 2.45. The molecule has 2 aromatic rings. The second-order valence-corrected chi connectivity index (χ2v) is 5.63. The maximum absolute atomic E-state index is 10.7. The zero-order valence-corrected chi connectivity index (χ0v) is 12.8. The van der Waals surface area contributed by atoms with Gasteiger partial charge in [-0.3, -0.25) is 10.1 Å². The number of nitro groups is 1. The van der Waals surface area contributed by atoms with E-state index in [1.54, 1.807) is 6.07 Å². The number of halogens is 2. The maximum atomic E-state index is 10.7. The molecule has 0 aliphatic rings. The van der Waals surface area contributed by atoms with Crippen molar-refractivity contribution in [2.24, 2.45) is 0 Å². The van der Waals surface area contributed by atoms with Crippen LogP contribution < -0.4 is 4.74 Å². The molecule has 0 spiro atoms. The smallest absolute Gasteiger partial charge is 0.270 e. The van der Waals surface area contributed by atoms with Gasteiger partial charge in [-0.05, 0) is 17.5 Å². The highest BCUT2D eigenvalue weighted by molar-refractivity contribution is 9.08. The van der Waals surface area contributed by atoms with E-state index in [0.29, 0.717) is 22.7 Å². The van der Waals surface area contributed by atoms with Gasteiger partial charge in [0.25, 0.3) is 5.69 Å². The van der Waals surface area contributed by atoms with Gasteiger partial charge >= 0.3 is 0 Å². The van der Waals surface area contributed by atoms with Gasteiger partial charge < -0.3 is 4.74 Å². The molecule has 0 amide bonds. The molecular formula is C12H9BrClNO3S. The van der Waals surface area contributed by atoms with Crippen molar-refractivity contribution in [3.63, 3.8) is 0 Å². The Morgan fingerprint density at radius 1 is 1.42 bits per heavy atom.